The van der Waals surface area contributed by atoms with Crippen LogP contribution in [0.25, 0.3) is 11.0 Å². The number of hydrogen-bond acceptors (Lipinski definition) is 3. The average Bonchev–Trinajstić information content (AvgIpc) is 2.65. The fourth-order valence-electron chi connectivity index (χ4n) is 1.91. The number of hydrogen-bond donors (Lipinski definition) is 1. The van der Waals surface area contributed by atoms with Crippen molar-refractivity contribution in [3.8, 4) is 0 Å². The van der Waals surface area contributed by atoms with Crippen molar-refractivity contribution in [1.82, 2.24) is 9.55 Å². The van der Waals surface area contributed by atoms with Crippen LogP contribution in [0.15, 0.2) is 24.3 Å². The lowest BCUT2D eigenvalue weighted by molar-refractivity contribution is 0.164. The van der Waals surface area contributed by atoms with Crippen LogP contribution in [0.3, 0.4) is 0 Å². The van der Waals surface area contributed by atoms with Gasteiger partial charge in [0.2, 0.25) is 5.95 Å². The maximum atomic E-state index is 5.11. The molecular weight excluding hydrogens is 214 g/mol. The zero-order chi connectivity index (χ0) is 12.3. The minimum Gasteiger partial charge on any atom is -0.384 e. The molecule has 0 aliphatic carbocycles. The number of imidazole rings is 1. The van der Waals surface area contributed by atoms with Gasteiger partial charge in [-0.15, -0.1) is 0 Å². The summed E-state index contributed by atoms with van der Waals surface area (Å²) in [5.41, 5.74) is 2.17. The lowest BCUT2D eigenvalue weighted by Gasteiger charge is -2.11. The molecule has 4 nitrogen and oxygen atoms in total. The molecule has 0 saturated carbocycles. The van der Waals surface area contributed by atoms with Gasteiger partial charge in [0.05, 0.1) is 17.6 Å². The van der Waals surface area contributed by atoms with Crippen molar-refractivity contribution in [3.63, 3.8) is 0 Å². The quantitative estimate of drug-likeness (QED) is 0.861. The molecule has 1 N–H and O–H groups in total. The molecule has 0 fully saturated rings. The topological polar surface area (TPSA) is 39.1 Å². The van der Waals surface area contributed by atoms with E-state index in [1.807, 2.05) is 25.2 Å². The van der Waals surface area contributed by atoms with E-state index in [4.69, 9.17) is 4.74 Å². The van der Waals surface area contributed by atoms with Gasteiger partial charge >= 0.3 is 0 Å². The summed E-state index contributed by atoms with van der Waals surface area (Å²) >= 11 is 0. The zero-order valence-electron chi connectivity index (χ0n) is 10.6. The highest BCUT2D eigenvalue weighted by Gasteiger charge is 2.07. The third-order valence-corrected chi connectivity index (χ3v) is 2.85. The summed E-state index contributed by atoms with van der Waals surface area (Å²) in [4.78, 5) is 4.56. The van der Waals surface area contributed by atoms with Gasteiger partial charge in [-0.25, -0.2) is 4.98 Å². The first-order valence-electron chi connectivity index (χ1n) is 5.86. The Bertz CT molecular complexity index is 492. The van der Waals surface area contributed by atoms with E-state index >= 15 is 0 Å². The molecule has 0 bridgehead atoms. The van der Waals surface area contributed by atoms with Crippen LogP contribution in [0.5, 0.6) is 0 Å². The molecule has 1 heterocycles. The van der Waals surface area contributed by atoms with Gasteiger partial charge in [0.25, 0.3) is 0 Å². The predicted molar refractivity (Wildman–Crippen MR) is 70.2 cm³/mol. The second kappa shape index (κ2) is 5.19. The van der Waals surface area contributed by atoms with E-state index in [0.29, 0.717) is 5.92 Å². The number of ether oxygens (including phenoxy) is 1. The molecule has 0 spiro atoms. The van der Waals surface area contributed by atoms with Crippen molar-refractivity contribution in [2.75, 3.05) is 25.6 Å². The van der Waals surface area contributed by atoms with Crippen molar-refractivity contribution in [1.29, 1.82) is 0 Å². The van der Waals surface area contributed by atoms with Crippen LogP contribution >= 0.6 is 0 Å². The number of methoxy groups -OCH3 is 1. The van der Waals surface area contributed by atoms with Crippen LogP contribution < -0.4 is 5.32 Å². The van der Waals surface area contributed by atoms with Crippen molar-refractivity contribution in [2.45, 2.75) is 6.92 Å². The number of para-hydroxylation sites is 2. The first-order valence-corrected chi connectivity index (χ1v) is 5.86. The van der Waals surface area contributed by atoms with Gasteiger partial charge in [-0.1, -0.05) is 19.1 Å². The molecule has 2 aromatic rings. The van der Waals surface area contributed by atoms with E-state index in [1.165, 1.54) is 0 Å². The highest BCUT2D eigenvalue weighted by atomic mass is 16.5. The summed E-state index contributed by atoms with van der Waals surface area (Å²) in [6, 6.07) is 8.14. The molecule has 92 valence electrons. The van der Waals surface area contributed by atoms with Crippen LogP contribution in [0.1, 0.15) is 6.92 Å². The number of nitrogens with zero attached hydrogens (tertiary/aromatic N) is 2. The second-order valence-electron chi connectivity index (χ2n) is 4.42. The fraction of sp³-hybridized carbons (Fsp3) is 0.462. The lowest BCUT2D eigenvalue weighted by atomic mass is 10.2. The van der Waals surface area contributed by atoms with Crippen molar-refractivity contribution in [3.05, 3.63) is 24.3 Å². The monoisotopic (exact) mass is 233 g/mol. The van der Waals surface area contributed by atoms with Crippen LogP contribution in [0.4, 0.5) is 5.95 Å². The molecule has 0 aliphatic heterocycles. The summed E-state index contributed by atoms with van der Waals surface area (Å²) in [7, 11) is 3.75. The summed E-state index contributed by atoms with van der Waals surface area (Å²) in [5.74, 6) is 1.38. The zero-order valence-corrected chi connectivity index (χ0v) is 10.6. The molecule has 0 saturated heterocycles. The minimum atomic E-state index is 0.472. The summed E-state index contributed by atoms with van der Waals surface area (Å²) in [6.07, 6.45) is 0. The van der Waals surface area contributed by atoms with Gasteiger partial charge in [-0.05, 0) is 18.1 Å². The van der Waals surface area contributed by atoms with E-state index < -0.39 is 0 Å². The lowest BCUT2D eigenvalue weighted by Crippen LogP contribution is -2.17. The molecule has 17 heavy (non-hydrogen) atoms. The van der Waals surface area contributed by atoms with Crippen LogP contribution in [0, 0.1) is 5.92 Å². The highest BCUT2D eigenvalue weighted by molar-refractivity contribution is 5.78. The van der Waals surface area contributed by atoms with E-state index in [0.717, 1.165) is 30.1 Å². The summed E-state index contributed by atoms with van der Waals surface area (Å²) < 4.78 is 7.19. The Hall–Kier alpha value is -1.55. The van der Waals surface area contributed by atoms with Crippen molar-refractivity contribution >= 4 is 17.0 Å². The van der Waals surface area contributed by atoms with Crippen molar-refractivity contribution < 1.29 is 4.74 Å². The molecule has 2 rings (SSSR count). The van der Waals surface area contributed by atoms with Gasteiger partial charge < -0.3 is 14.6 Å². The smallest absolute Gasteiger partial charge is 0.203 e. The Morgan fingerprint density at radius 2 is 2.18 bits per heavy atom. The molecule has 1 aromatic heterocycles. The van der Waals surface area contributed by atoms with E-state index in [1.54, 1.807) is 7.11 Å². The standard InChI is InChI=1S/C13H19N3O/c1-10(9-17-3)8-14-13-15-11-6-4-5-7-12(11)16(13)2/h4-7,10H,8-9H2,1-3H3,(H,14,15). The van der Waals surface area contributed by atoms with Gasteiger partial charge in [-0.2, -0.15) is 0 Å². The fourth-order valence-corrected chi connectivity index (χ4v) is 1.91. The Morgan fingerprint density at radius 3 is 2.88 bits per heavy atom. The van der Waals surface area contributed by atoms with Crippen LogP contribution in [-0.2, 0) is 11.8 Å². The SMILES string of the molecule is COCC(C)CNc1nc2ccccc2n1C. The first kappa shape index (κ1) is 11.9. The van der Waals surface area contributed by atoms with Gasteiger partial charge in [0.1, 0.15) is 0 Å². The van der Waals surface area contributed by atoms with Crippen molar-refractivity contribution in [2.24, 2.45) is 13.0 Å². The van der Waals surface area contributed by atoms with E-state index in [9.17, 15) is 0 Å². The van der Waals surface area contributed by atoms with Gasteiger partial charge in [-0.3, -0.25) is 0 Å². The first-order chi connectivity index (χ1) is 8.22. The average molecular weight is 233 g/mol. The Labute approximate surface area is 102 Å². The number of nitrogens with one attached hydrogen (secondary N) is 1. The Morgan fingerprint density at radius 1 is 1.41 bits per heavy atom. The molecule has 4 heteroatoms. The third-order valence-electron chi connectivity index (χ3n) is 2.85. The maximum absolute atomic E-state index is 5.11. The summed E-state index contributed by atoms with van der Waals surface area (Å²) in [6.45, 7) is 3.78. The van der Waals surface area contributed by atoms with Crippen LogP contribution in [-0.4, -0.2) is 29.8 Å². The molecule has 1 aromatic carbocycles. The number of aromatic nitrogens is 2. The molecule has 0 radical (unpaired) electrons. The molecule has 0 aliphatic rings. The second-order valence-corrected chi connectivity index (χ2v) is 4.42. The largest absolute Gasteiger partial charge is 0.384 e. The Balaban J connectivity index is 2.11. The number of benzene rings is 1. The number of fused-ring (bicyclic) bond motifs is 1. The van der Waals surface area contributed by atoms with E-state index in [-0.39, 0.29) is 0 Å². The molecular formula is C13H19N3O. The van der Waals surface area contributed by atoms with Gasteiger partial charge in [0, 0.05) is 20.7 Å². The highest BCUT2D eigenvalue weighted by Crippen LogP contribution is 2.17. The molecule has 0 amide bonds. The number of aryl methyl sites for hydroxylation is 1. The minimum absolute atomic E-state index is 0.472. The normalized spacial score (nSPS) is 12.9. The third kappa shape index (κ3) is 2.58. The molecule has 1 atom stereocenters. The van der Waals surface area contributed by atoms with Crippen LogP contribution in [0.2, 0.25) is 0 Å². The molecule has 1 unspecified atom stereocenters. The predicted octanol–water partition coefficient (Wildman–Crippen LogP) is 2.27. The maximum Gasteiger partial charge on any atom is 0.203 e. The Kier molecular flexibility index (Phi) is 3.64. The van der Waals surface area contributed by atoms with E-state index in [2.05, 4.69) is 27.9 Å². The number of rotatable bonds is 5. The number of anilines is 1. The van der Waals surface area contributed by atoms with Gasteiger partial charge in [0.15, 0.2) is 0 Å². The summed E-state index contributed by atoms with van der Waals surface area (Å²) in [5, 5.41) is 3.36.